The van der Waals surface area contributed by atoms with E-state index in [-0.39, 0.29) is 17.9 Å². The van der Waals surface area contributed by atoms with Gasteiger partial charge in [0.1, 0.15) is 0 Å². The third-order valence-electron chi connectivity index (χ3n) is 4.42. The highest BCUT2D eigenvalue weighted by Crippen LogP contribution is 2.14. The Morgan fingerprint density at radius 2 is 1.83 bits per heavy atom. The van der Waals surface area contributed by atoms with Crippen LogP contribution in [0.2, 0.25) is 0 Å². The molecule has 2 amide bonds. The van der Waals surface area contributed by atoms with Crippen LogP contribution in [0, 0.1) is 5.92 Å². The van der Waals surface area contributed by atoms with Crippen LogP contribution in [0.4, 0.5) is 0 Å². The molecule has 0 bridgehead atoms. The Balaban J connectivity index is 2.12. The van der Waals surface area contributed by atoms with E-state index in [1.807, 2.05) is 11.8 Å². The SMILES string of the molecule is CCNCC(=O)NC1CCN(C(=O)CCCCCC(C)C)CC1. The Morgan fingerprint density at radius 3 is 2.43 bits per heavy atom. The lowest BCUT2D eigenvalue weighted by Gasteiger charge is -2.32. The highest BCUT2D eigenvalue weighted by molar-refractivity contribution is 5.78. The van der Waals surface area contributed by atoms with Crippen LogP contribution in [-0.4, -0.2) is 48.9 Å². The monoisotopic (exact) mass is 325 g/mol. The van der Waals surface area contributed by atoms with Crippen molar-refractivity contribution in [3.8, 4) is 0 Å². The fourth-order valence-corrected chi connectivity index (χ4v) is 2.95. The smallest absolute Gasteiger partial charge is 0.234 e. The summed E-state index contributed by atoms with van der Waals surface area (Å²) in [5.74, 6) is 1.10. The molecule has 5 heteroatoms. The van der Waals surface area contributed by atoms with Crippen LogP contribution in [-0.2, 0) is 9.59 Å². The lowest BCUT2D eigenvalue weighted by atomic mass is 10.0. The zero-order valence-corrected chi connectivity index (χ0v) is 15.2. The van der Waals surface area contributed by atoms with Crippen LogP contribution in [0.5, 0.6) is 0 Å². The maximum Gasteiger partial charge on any atom is 0.234 e. The van der Waals surface area contributed by atoms with Crippen molar-refractivity contribution in [2.45, 2.75) is 71.8 Å². The third kappa shape index (κ3) is 8.94. The molecule has 5 nitrogen and oxygen atoms in total. The Hall–Kier alpha value is -1.10. The molecule has 23 heavy (non-hydrogen) atoms. The fourth-order valence-electron chi connectivity index (χ4n) is 2.95. The third-order valence-corrected chi connectivity index (χ3v) is 4.42. The summed E-state index contributed by atoms with van der Waals surface area (Å²) in [6.45, 7) is 9.20. The second-order valence-corrected chi connectivity index (χ2v) is 7.00. The van der Waals surface area contributed by atoms with Gasteiger partial charge in [-0.05, 0) is 31.7 Å². The van der Waals surface area contributed by atoms with E-state index in [4.69, 9.17) is 0 Å². The molecular formula is C18H35N3O2. The average Bonchev–Trinajstić information content (AvgIpc) is 2.52. The van der Waals surface area contributed by atoms with Crippen molar-refractivity contribution < 1.29 is 9.59 Å². The summed E-state index contributed by atoms with van der Waals surface area (Å²) < 4.78 is 0. The number of rotatable bonds is 10. The number of piperidine rings is 1. The number of likely N-dealkylation sites (N-methyl/N-ethyl adjacent to an activating group) is 1. The molecule has 1 saturated heterocycles. The van der Waals surface area contributed by atoms with Crippen molar-refractivity contribution >= 4 is 11.8 Å². The normalized spacial score (nSPS) is 15.9. The van der Waals surface area contributed by atoms with Gasteiger partial charge < -0.3 is 15.5 Å². The predicted octanol–water partition coefficient (Wildman–Crippen LogP) is 2.31. The van der Waals surface area contributed by atoms with E-state index < -0.39 is 0 Å². The minimum Gasteiger partial charge on any atom is -0.352 e. The molecule has 0 aromatic heterocycles. The van der Waals surface area contributed by atoms with Crippen molar-refractivity contribution in [3.05, 3.63) is 0 Å². The number of amides is 2. The van der Waals surface area contributed by atoms with E-state index >= 15 is 0 Å². The quantitative estimate of drug-likeness (QED) is 0.606. The minimum atomic E-state index is 0.0572. The largest absolute Gasteiger partial charge is 0.352 e. The first-order valence-corrected chi connectivity index (χ1v) is 9.30. The van der Waals surface area contributed by atoms with Gasteiger partial charge in [-0.3, -0.25) is 9.59 Å². The number of carbonyl (C=O) groups is 2. The number of carbonyl (C=O) groups excluding carboxylic acids is 2. The van der Waals surface area contributed by atoms with E-state index in [1.165, 1.54) is 12.8 Å². The number of hydrogen-bond donors (Lipinski definition) is 2. The van der Waals surface area contributed by atoms with Gasteiger partial charge in [-0.1, -0.05) is 40.0 Å². The Labute approximate surface area is 141 Å². The van der Waals surface area contributed by atoms with Crippen LogP contribution in [0.25, 0.3) is 0 Å². The standard InChI is InChI=1S/C18H35N3O2/c1-4-19-14-17(22)20-16-10-12-21(13-11-16)18(23)9-7-5-6-8-15(2)3/h15-16,19H,4-14H2,1-3H3,(H,20,22). The van der Waals surface area contributed by atoms with Gasteiger partial charge in [0.25, 0.3) is 0 Å². The van der Waals surface area contributed by atoms with Crippen molar-refractivity contribution in [1.29, 1.82) is 0 Å². The van der Waals surface area contributed by atoms with Gasteiger partial charge in [0.05, 0.1) is 6.54 Å². The Morgan fingerprint density at radius 1 is 1.13 bits per heavy atom. The van der Waals surface area contributed by atoms with Crippen molar-refractivity contribution in [2.75, 3.05) is 26.2 Å². The average molecular weight is 325 g/mol. The molecule has 1 heterocycles. The molecule has 0 spiro atoms. The first-order chi connectivity index (χ1) is 11.0. The summed E-state index contributed by atoms with van der Waals surface area (Å²) in [6.07, 6.45) is 7.06. The summed E-state index contributed by atoms with van der Waals surface area (Å²) in [5.41, 5.74) is 0. The van der Waals surface area contributed by atoms with Crippen molar-refractivity contribution in [3.63, 3.8) is 0 Å². The first kappa shape index (κ1) is 19.9. The van der Waals surface area contributed by atoms with E-state index in [1.54, 1.807) is 0 Å². The van der Waals surface area contributed by atoms with Gasteiger partial charge in [-0.2, -0.15) is 0 Å². The Kier molecular flexibility index (Phi) is 9.92. The fraction of sp³-hybridized carbons (Fsp3) is 0.889. The molecule has 0 unspecified atom stereocenters. The summed E-state index contributed by atoms with van der Waals surface area (Å²) in [4.78, 5) is 25.8. The molecule has 0 aromatic rings. The lowest BCUT2D eigenvalue weighted by molar-refractivity contribution is -0.132. The molecule has 2 N–H and O–H groups in total. The van der Waals surface area contributed by atoms with Gasteiger partial charge in [0.15, 0.2) is 0 Å². The highest BCUT2D eigenvalue weighted by atomic mass is 16.2. The molecular weight excluding hydrogens is 290 g/mol. The molecule has 0 aromatic carbocycles. The zero-order chi connectivity index (χ0) is 17.1. The van der Waals surface area contributed by atoms with Crippen LogP contribution < -0.4 is 10.6 Å². The van der Waals surface area contributed by atoms with Crippen LogP contribution >= 0.6 is 0 Å². The second kappa shape index (κ2) is 11.4. The van der Waals surface area contributed by atoms with Gasteiger partial charge in [-0.15, -0.1) is 0 Å². The zero-order valence-electron chi connectivity index (χ0n) is 15.2. The van der Waals surface area contributed by atoms with Gasteiger partial charge in [0, 0.05) is 25.6 Å². The van der Waals surface area contributed by atoms with Crippen LogP contribution in [0.1, 0.15) is 65.7 Å². The van der Waals surface area contributed by atoms with Gasteiger partial charge in [0.2, 0.25) is 11.8 Å². The number of unbranched alkanes of at least 4 members (excludes halogenated alkanes) is 2. The van der Waals surface area contributed by atoms with E-state index in [2.05, 4.69) is 24.5 Å². The molecule has 0 atom stereocenters. The van der Waals surface area contributed by atoms with E-state index in [0.717, 1.165) is 51.2 Å². The van der Waals surface area contributed by atoms with Gasteiger partial charge >= 0.3 is 0 Å². The number of nitrogens with zero attached hydrogens (tertiary/aromatic N) is 1. The van der Waals surface area contributed by atoms with Gasteiger partial charge in [-0.25, -0.2) is 0 Å². The highest BCUT2D eigenvalue weighted by Gasteiger charge is 2.23. The molecule has 134 valence electrons. The summed E-state index contributed by atoms with van der Waals surface area (Å²) >= 11 is 0. The number of hydrogen-bond acceptors (Lipinski definition) is 3. The first-order valence-electron chi connectivity index (χ1n) is 9.30. The second-order valence-electron chi connectivity index (χ2n) is 7.00. The maximum absolute atomic E-state index is 12.2. The molecule has 1 aliphatic rings. The van der Waals surface area contributed by atoms with E-state index in [9.17, 15) is 9.59 Å². The number of likely N-dealkylation sites (tertiary alicyclic amines) is 1. The Bertz CT molecular complexity index is 350. The minimum absolute atomic E-state index is 0.0572. The molecule has 0 aliphatic carbocycles. The van der Waals surface area contributed by atoms with Crippen LogP contribution in [0.3, 0.4) is 0 Å². The van der Waals surface area contributed by atoms with Crippen molar-refractivity contribution in [2.24, 2.45) is 5.92 Å². The topological polar surface area (TPSA) is 61.4 Å². The summed E-state index contributed by atoms with van der Waals surface area (Å²) in [5, 5.41) is 6.07. The molecule has 1 rings (SSSR count). The summed E-state index contributed by atoms with van der Waals surface area (Å²) in [6, 6.07) is 0.219. The van der Waals surface area contributed by atoms with E-state index in [0.29, 0.717) is 13.0 Å². The summed E-state index contributed by atoms with van der Waals surface area (Å²) in [7, 11) is 0. The number of nitrogens with one attached hydrogen (secondary N) is 2. The molecule has 1 fully saturated rings. The predicted molar refractivity (Wildman–Crippen MR) is 94.2 cm³/mol. The lowest BCUT2D eigenvalue weighted by Crippen LogP contribution is -2.48. The molecule has 1 aliphatic heterocycles. The van der Waals surface area contributed by atoms with Crippen molar-refractivity contribution in [1.82, 2.24) is 15.5 Å². The molecule has 0 saturated carbocycles. The maximum atomic E-state index is 12.2. The molecule has 0 radical (unpaired) electrons. The van der Waals surface area contributed by atoms with Crippen LogP contribution in [0.15, 0.2) is 0 Å².